The smallest absolute Gasteiger partial charge is 0.310 e. The molecule has 1 saturated heterocycles. The molecular weight excluding hydrogens is 220 g/mol. The summed E-state index contributed by atoms with van der Waals surface area (Å²) in [4.78, 5) is 21.5. The van der Waals surface area contributed by atoms with Gasteiger partial charge < -0.3 is 9.64 Å². The highest BCUT2D eigenvalue weighted by atomic mass is 16.5. The van der Waals surface area contributed by atoms with Crippen molar-refractivity contribution in [3.05, 3.63) is 18.0 Å². The molecular formula is C11H12N4O2. The van der Waals surface area contributed by atoms with Gasteiger partial charge in [0.15, 0.2) is 0 Å². The molecule has 1 aromatic heterocycles. The molecule has 1 fully saturated rings. The maximum absolute atomic E-state index is 11.4. The predicted molar refractivity (Wildman–Crippen MR) is 59.1 cm³/mol. The Morgan fingerprint density at radius 1 is 1.71 bits per heavy atom. The van der Waals surface area contributed by atoms with Crippen LogP contribution in [0, 0.1) is 17.2 Å². The first-order valence-corrected chi connectivity index (χ1v) is 5.30. The molecule has 0 aromatic carbocycles. The minimum atomic E-state index is -0.205. The Labute approximate surface area is 98.8 Å². The van der Waals surface area contributed by atoms with Crippen molar-refractivity contribution in [3.8, 4) is 6.07 Å². The number of anilines is 1. The van der Waals surface area contributed by atoms with Crippen LogP contribution in [0.3, 0.4) is 0 Å². The van der Waals surface area contributed by atoms with Gasteiger partial charge in [-0.15, -0.1) is 0 Å². The number of aromatic nitrogens is 2. The average Bonchev–Trinajstić information content (AvgIpc) is 2.87. The number of methoxy groups -OCH3 is 1. The third kappa shape index (κ3) is 2.33. The molecule has 2 rings (SSSR count). The van der Waals surface area contributed by atoms with Crippen LogP contribution in [0.15, 0.2) is 12.3 Å². The van der Waals surface area contributed by atoms with E-state index in [0.29, 0.717) is 24.7 Å². The van der Waals surface area contributed by atoms with Crippen molar-refractivity contribution in [3.63, 3.8) is 0 Å². The zero-order chi connectivity index (χ0) is 12.3. The van der Waals surface area contributed by atoms with Gasteiger partial charge in [-0.25, -0.2) is 9.97 Å². The van der Waals surface area contributed by atoms with E-state index in [-0.39, 0.29) is 11.9 Å². The normalized spacial score (nSPS) is 18.8. The molecule has 1 unspecified atom stereocenters. The first kappa shape index (κ1) is 11.3. The Hall–Kier alpha value is -2.16. The zero-order valence-electron chi connectivity index (χ0n) is 9.46. The number of carbonyl (C=O) groups is 1. The van der Waals surface area contributed by atoms with Gasteiger partial charge in [0.25, 0.3) is 0 Å². The summed E-state index contributed by atoms with van der Waals surface area (Å²) in [7, 11) is 1.39. The van der Waals surface area contributed by atoms with Crippen molar-refractivity contribution in [1.82, 2.24) is 9.97 Å². The van der Waals surface area contributed by atoms with Crippen LogP contribution >= 0.6 is 0 Å². The van der Waals surface area contributed by atoms with E-state index in [1.54, 1.807) is 12.3 Å². The molecule has 1 aromatic rings. The van der Waals surface area contributed by atoms with Gasteiger partial charge in [-0.1, -0.05) is 0 Å². The van der Waals surface area contributed by atoms with E-state index >= 15 is 0 Å². The summed E-state index contributed by atoms with van der Waals surface area (Å²) in [5, 5.41) is 8.75. The summed E-state index contributed by atoms with van der Waals surface area (Å²) in [5.41, 5.74) is 0.330. The SMILES string of the molecule is COC(=O)C1CCN(c2nccc(C#N)n2)C1. The monoisotopic (exact) mass is 232 g/mol. The predicted octanol–water partition coefficient (Wildman–Crippen LogP) is 0.348. The van der Waals surface area contributed by atoms with Crippen LogP contribution in [-0.2, 0) is 9.53 Å². The van der Waals surface area contributed by atoms with Crippen molar-refractivity contribution in [2.75, 3.05) is 25.1 Å². The fraction of sp³-hybridized carbons (Fsp3) is 0.455. The van der Waals surface area contributed by atoms with Crippen molar-refractivity contribution in [2.45, 2.75) is 6.42 Å². The minimum absolute atomic E-state index is 0.130. The van der Waals surface area contributed by atoms with Crippen molar-refractivity contribution >= 4 is 11.9 Å². The largest absolute Gasteiger partial charge is 0.469 e. The molecule has 6 heteroatoms. The summed E-state index contributed by atoms with van der Waals surface area (Å²) in [6.07, 6.45) is 2.28. The third-order valence-electron chi connectivity index (χ3n) is 2.76. The van der Waals surface area contributed by atoms with Crippen LogP contribution in [0.4, 0.5) is 5.95 Å². The van der Waals surface area contributed by atoms with Gasteiger partial charge in [-0.2, -0.15) is 5.26 Å². The van der Waals surface area contributed by atoms with E-state index in [2.05, 4.69) is 9.97 Å². The molecule has 0 amide bonds. The lowest BCUT2D eigenvalue weighted by Gasteiger charge is -2.15. The number of rotatable bonds is 2. The Balaban J connectivity index is 2.10. The fourth-order valence-electron chi connectivity index (χ4n) is 1.86. The molecule has 6 nitrogen and oxygen atoms in total. The Kier molecular flexibility index (Phi) is 3.19. The number of nitrogens with zero attached hydrogens (tertiary/aromatic N) is 4. The van der Waals surface area contributed by atoms with E-state index in [0.717, 1.165) is 6.42 Å². The van der Waals surface area contributed by atoms with E-state index in [4.69, 9.17) is 10.00 Å². The highest BCUT2D eigenvalue weighted by Gasteiger charge is 2.30. The van der Waals surface area contributed by atoms with Gasteiger partial charge in [0.05, 0.1) is 13.0 Å². The van der Waals surface area contributed by atoms with Crippen LogP contribution in [0.1, 0.15) is 12.1 Å². The van der Waals surface area contributed by atoms with Crippen LogP contribution in [0.5, 0.6) is 0 Å². The van der Waals surface area contributed by atoms with E-state index in [1.807, 2.05) is 11.0 Å². The van der Waals surface area contributed by atoms with Crippen LogP contribution in [-0.4, -0.2) is 36.1 Å². The molecule has 1 aliphatic rings. The Bertz CT molecular complexity index is 469. The second-order valence-electron chi connectivity index (χ2n) is 3.81. The molecule has 0 spiro atoms. The van der Waals surface area contributed by atoms with Gasteiger partial charge in [0, 0.05) is 19.3 Å². The molecule has 1 aliphatic heterocycles. The van der Waals surface area contributed by atoms with E-state index in [9.17, 15) is 4.79 Å². The maximum atomic E-state index is 11.4. The van der Waals surface area contributed by atoms with Gasteiger partial charge in [0.2, 0.25) is 5.95 Å². The number of esters is 1. The summed E-state index contributed by atoms with van der Waals surface area (Å²) in [6, 6.07) is 3.52. The number of nitriles is 1. The van der Waals surface area contributed by atoms with E-state index < -0.39 is 0 Å². The third-order valence-corrected chi connectivity index (χ3v) is 2.76. The molecule has 0 radical (unpaired) electrons. The fourth-order valence-corrected chi connectivity index (χ4v) is 1.86. The first-order chi connectivity index (χ1) is 8.24. The molecule has 0 saturated carbocycles. The van der Waals surface area contributed by atoms with Crippen LogP contribution in [0.2, 0.25) is 0 Å². The maximum Gasteiger partial charge on any atom is 0.310 e. The highest BCUT2D eigenvalue weighted by Crippen LogP contribution is 2.21. The van der Waals surface area contributed by atoms with Crippen LogP contribution in [0.25, 0.3) is 0 Å². The highest BCUT2D eigenvalue weighted by molar-refractivity contribution is 5.73. The second kappa shape index (κ2) is 4.78. The van der Waals surface area contributed by atoms with Gasteiger partial charge in [-0.3, -0.25) is 4.79 Å². The standard InChI is InChI=1S/C11H12N4O2/c1-17-10(16)8-3-5-15(7-8)11-13-4-2-9(6-12)14-11/h2,4,8H,3,5,7H2,1H3. The van der Waals surface area contributed by atoms with Crippen molar-refractivity contribution in [2.24, 2.45) is 5.92 Å². The summed E-state index contributed by atoms with van der Waals surface area (Å²) in [6.45, 7) is 1.25. The Morgan fingerprint density at radius 3 is 3.24 bits per heavy atom. The number of hydrogen-bond donors (Lipinski definition) is 0. The van der Waals surface area contributed by atoms with Gasteiger partial charge >= 0.3 is 5.97 Å². The Morgan fingerprint density at radius 2 is 2.53 bits per heavy atom. The summed E-state index contributed by atoms with van der Waals surface area (Å²) < 4.78 is 4.70. The lowest BCUT2D eigenvalue weighted by molar-refractivity contribution is -0.144. The second-order valence-corrected chi connectivity index (χ2v) is 3.81. The number of hydrogen-bond acceptors (Lipinski definition) is 6. The minimum Gasteiger partial charge on any atom is -0.469 e. The number of carbonyl (C=O) groups excluding carboxylic acids is 1. The summed E-state index contributed by atoms with van der Waals surface area (Å²) >= 11 is 0. The van der Waals surface area contributed by atoms with Crippen molar-refractivity contribution in [1.29, 1.82) is 5.26 Å². The lowest BCUT2D eigenvalue weighted by Crippen LogP contribution is -2.25. The molecule has 17 heavy (non-hydrogen) atoms. The summed E-state index contributed by atoms with van der Waals surface area (Å²) in [5.74, 6) is 0.161. The quantitative estimate of drug-likeness (QED) is 0.684. The molecule has 0 aliphatic carbocycles. The lowest BCUT2D eigenvalue weighted by atomic mass is 10.1. The molecule has 0 N–H and O–H groups in total. The molecule has 88 valence electrons. The molecule has 1 atom stereocenters. The van der Waals surface area contributed by atoms with Crippen molar-refractivity contribution < 1.29 is 9.53 Å². The zero-order valence-corrected chi connectivity index (χ0v) is 9.46. The van der Waals surface area contributed by atoms with E-state index in [1.165, 1.54) is 7.11 Å². The van der Waals surface area contributed by atoms with Gasteiger partial charge in [0.1, 0.15) is 11.8 Å². The molecule has 0 bridgehead atoms. The number of ether oxygens (including phenoxy) is 1. The average molecular weight is 232 g/mol. The molecule has 2 heterocycles. The first-order valence-electron chi connectivity index (χ1n) is 5.30. The van der Waals surface area contributed by atoms with Gasteiger partial charge in [-0.05, 0) is 12.5 Å². The topological polar surface area (TPSA) is 79.1 Å². The van der Waals surface area contributed by atoms with Crippen LogP contribution < -0.4 is 4.90 Å².